The lowest BCUT2D eigenvalue weighted by molar-refractivity contribution is -0.163. The Morgan fingerprint density at radius 1 is 1.28 bits per heavy atom. The van der Waals surface area contributed by atoms with E-state index < -0.39 is 41.1 Å². The van der Waals surface area contributed by atoms with Crippen molar-refractivity contribution in [1.82, 2.24) is 9.80 Å². The molecule has 0 aromatic rings. The van der Waals surface area contributed by atoms with Gasteiger partial charge in [-0.2, -0.15) is 0 Å². The highest BCUT2D eigenvalue weighted by Crippen LogP contribution is 2.65. The predicted molar refractivity (Wildman–Crippen MR) is 137 cm³/mol. The lowest BCUT2D eigenvalue weighted by atomic mass is 9.65. The average molecular weight is 507 g/mol. The van der Waals surface area contributed by atoms with Gasteiger partial charge < -0.3 is 24.4 Å². The number of carbonyl (C=O) groups is 3. The van der Waals surface area contributed by atoms with E-state index in [1.165, 1.54) is 0 Å². The third kappa shape index (κ3) is 4.71. The summed E-state index contributed by atoms with van der Waals surface area (Å²) in [6.07, 6.45) is 6.82. The number of amides is 2. The monoisotopic (exact) mass is 506 g/mol. The molecular formula is C28H46N2O6. The first-order chi connectivity index (χ1) is 17.2. The molecule has 0 aromatic heterocycles. The van der Waals surface area contributed by atoms with Crippen LogP contribution < -0.4 is 0 Å². The summed E-state index contributed by atoms with van der Waals surface area (Å²) in [6.45, 7) is 14.6. The van der Waals surface area contributed by atoms with Gasteiger partial charge in [-0.25, -0.2) is 0 Å². The third-order valence-electron chi connectivity index (χ3n) is 8.43. The number of unbranched alkanes of at least 4 members (excludes halogenated alkanes) is 2. The van der Waals surface area contributed by atoms with Crippen molar-refractivity contribution in [3.8, 4) is 0 Å². The maximum atomic E-state index is 14.3. The molecule has 8 heteroatoms. The van der Waals surface area contributed by atoms with Gasteiger partial charge in [0, 0.05) is 13.1 Å². The SMILES string of the molecule is C=CCN(CCCCC)C(=O)C1N([C@@H](CO)CC(C)C)C(=O)[C@@H]2[C@@H](C(=O)OCC)[C@@]3(CC)CCC12O3. The Balaban J connectivity index is 2.11. The molecule has 2 unspecified atom stereocenters. The van der Waals surface area contributed by atoms with E-state index in [4.69, 9.17) is 9.47 Å². The molecule has 2 amide bonds. The molecule has 6 atom stereocenters. The van der Waals surface area contributed by atoms with E-state index in [0.29, 0.717) is 38.8 Å². The Morgan fingerprint density at radius 3 is 2.56 bits per heavy atom. The number of carbonyl (C=O) groups excluding carboxylic acids is 3. The van der Waals surface area contributed by atoms with Crippen LogP contribution in [0.1, 0.15) is 79.6 Å². The highest BCUT2D eigenvalue weighted by Gasteiger charge is 2.79. The van der Waals surface area contributed by atoms with Crippen molar-refractivity contribution >= 4 is 17.8 Å². The second-order valence-electron chi connectivity index (χ2n) is 11.1. The number of rotatable bonds is 14. The second kappa shape index (κ2) is 11.6. The van der Waals surface area contributed by atoms with Crippen LogP contribution in [0, 0.1) is 17.8 Å². The topological polar surface area (TPSA) is 96.4 Å². The number of ether oxygens (including phenoxy) is 2. The fourth-order valence-corrected chi connectivity index (χ4v) is 6.91. The van der Waals surface area contributed by atoms with Crippen molar-refractivity contribution in [3.05, 3.63) is 12.7 Å². The van der Waals surface area contributed by atoms with Crippen molar-refractivity contribution in [1.29, 1.82) is 0 Å². The van der Waals surface area contributed by atoms with Crippen LogP contribution in [0.2, 0.25) is 0 Å². The van der Waals surface area contributed by atoms with E-state index in [0.717, 1.165) is 19.3 Å². The highest BCUT2D eigenvalue weighted by molar-refractivity contribution is 5.98. The molecule has 0 aromatic carbocycles. The molecule has 3 fully saturated rings. The van der Waals surface area contributed by atoms with E-state index in [2.05, 4.69) is 13.5 Å². The van der Waals surface area contributed by atoms with Crippen LogP contribution in [0.15, 0.2) is 12.7 Å². The summed E-state index contributed by atoms with van der Waals surface area (Å²) < 4.78 is 12.2. The van der Waals surface area contributed by atoms with Crippen LogP contribution in [0.5, 0.6) is 0 Å². The Hall–Kier alpha value is -1.93. The van der Waals surface area contributed by atoms with Gasteiger partial charge in [0.25, 0.3) is 0 Å². The van der Waals surface area contributed by atoms with Crippen molar-refractivity contribution < 1.29 is 29.0 Å². The number of hydrogen-bond donors (Lipinski definition) is 1. The zero-order valence-corrected chi connectivity index (χ0v) is 22.8. The third-order valence-corrected chi connectivity index (χ3v) is 8.43. The standard InChI is InChI=1S/C28H46N2O6/c1-7-11-12-16-29(15-8-2)25(33)23-28-14-13-27(9-3,36-28)22(26(34)35-10-4)21(28)24(32)30(23)20(18-31)17-19(5)6/h8,19-23,31H,2,7,9-18H2,1,3-6H3/t20-,21+,22+,23?,27-,28?/m1/s1. The molecule has 1 spiro atoms. The van der Waals surface area contributed by atoms with Gasteiger partial charge in [0.2, 0.25) is 11.8 Å². The van der Waals surface area contributed by atoms with Crippen LogP contribution in [0.3, 0.4) is 0 Å². The van der Waals surface area contributed by atoms with Gasteiger partial charge in [0.05, 0.1) is 30.8 Å². The highest BCUT2D eigenvalue weighted by atomic mass is 16.6. The molecule has 3 aliphatic rings. The molecule has 2 bridgehead atoms. The van der Waals surface area contributed by atoms with E-state index in [-0.39, 0.29) is 30.9 Å². The van der Waals surface area contributed by atoms with Crippen LogP contribution >= 0.6 is 0 Å². The number of aliphatic hydroxyl groups is 1. The fourth-order valence-electron chi connectivity index (χ4n) is 6.91. The Bertz CT molecular complexity index is 831. The summed E-state index contributed by atoms with van der Waals surface area (Å²) in [5.74, 6) is -2.22. The lowest BCUT2D eigenvalue weighted by Crippen LogP contribution is -2.59. The van der Waals surface area contributed by atoms with Gasteiger partial charge in [-0.1, -0.05) is 46.6 Å². The molecule has 0 aliphatic carbocycles. The Labute approximate surface area is 216 Å². The largest absolute Gasteiger partial charge is 0.466 e. The molecule has 0 saturated carbocycles. The molecule has 3 heterocycles. The molecule has 1 N–H and O–H groups in total. The van der Waals surface area contributed by atoms with Crippen LogP contribution in [-0.2, 0) is 23.9 Å². The molecule has 3 rings (SSSR count). The number of hydrogen-bond acceptors (Lipinski definition) is 6. The predicted octanol–water partition coefficient (Wildman–Crippen LogP) is 3.32. The summed E-state index contributed by atoms with van der Waals surface area (Å²) >= 11 is 0. The van der Waals surface area contributed by atoms with Gasteiger partial charge in [-0.15, -0.1) is 6.58 Å². The Morgan fingerprint density at radius 2 is 2.00 bits per heavy atom. The molecule has 0 radical (unpaired) electrons. The van der Waals surface area contributed by atoms with Crippen LogP contribution in [-0.4, -0.2) is 82.3 Å². The van der Waals surface area contributed by atoms with E-state index in [1.54, 1.807) is 22.8 Å². The minimum Gasteiger partial charge on any atom is -0.466 e. The summed E-state index contributed by atoms with van der Waals surface area (Å²) in [5.41, 5.74) is -1.91. The molecule has 3 aliphatic heterocycles. The number of likely N-dealkylation sites (tertiary alicyclic amines) is 1. The Kier molecular flexibility index (Phi) is 9.25. The molecule has 204 valence electrons. The van der Waals surface area contributed by atoms with Crippen molar-refractivity contribution in [2.45, 2.75) is 103 Å². The van der Waals surface area contributed by atoms with E-state index in [1.807, 2.05) is 20.8 Å². The normalized spacial score (nSPS) is 31.6. The quantitative estimate of drug-likeness (QED) is 0.221. The number of aliphatic hydroxyl groups excluding tert-OH is 1. The number of nitrogens with zero attached hydrogens (tertiary/aromatic N) is 2. The maximum Gasteiger partial charge on any atom is 0.312 e. The summed E-state index contributed by atoms with van der Waals surface area (Å²) in [4.78, 5) is 45.2. The minimum atomic E-state index is -1.10. The summed E-state index contributed by atoms with van der Waals surface area (Å²) in [5, 5.41) is 10.4. The first-order valence-corrected chi connectivity index (χ1v) is 13.9. The second-order valence-corrected chi connectivity index (χ2v) is 11.1. The lowest BCUT2D eigenvalue weighted by Gasteiger charge is -2.40. The smallest absolute Gasteiger partial charge is 0.312 e. The van der Waals surface area contributed by atoms with Crippen molar-refractivity contribution in [2.24, 2.45) is 17.8 Å². The van der Waals surface area contributed by atoms with Crippen molar-refractivity contribution in [3.63, 3.8) is 0 Å². The van der Waals surface area contributed by atoms with Gasteiger partial charge >= 0.3 is 5.97 Å². The average Bonchev–Trinajstić information content (AvgIpc) is 3.45. The molecule has 3 saturated heterocycles. The summed E-state index contributed by atoms with van der Waals surface area (Å²) in [7, 11) is 0. The maximum absolute atomic E-state index is 14.3. The number of fused-ring (bicyclic) bond motifs is 1. The van der Waals surface area contributed by atoms with E-state index in [9.17, 15) is 19.5 Å². The fraction of sp³-hybridized carbons (Fsp3) is 0.821. The zero-order valence-electron chi connectivity index (χ0n) is 22.8. The van der Waals surface area contributed by atoms with Gasteiger partial charge in [-0.3, -0.25) is 14.4 Å². The van der Waals surface area contributed by atoms with Gasteiger partial charge in [-0.05, 0) is 44.9 Å². The first kappa shape index (κ1) is 28.6. The summed E-state index contributed by atoms with van der Waals surface area (Å²) in [6, 6.07) is -1.42. The van der Waals surface area contributed by atoms with Crippen LogP contribution in [0.4, 0.5) is 0 Å². The zero-order chi connectivity index (χ0) is 26.7. The molecule has 36 heavy (non-hydrogen) atoms. The first-order valence-electron chi connectivity index (χ1n) is 13.9. The molecule has 8 nitrogen and oxygen atoms in total. The number of esters is 1. The van der Waals surface area contributed by atoms with E-state index >= 15 is 0 Å². The minimum absolute atomic E-state index is 0.180. The van der Waals surface area contributed by atoms with Gasteiger partial charge in [0.15, 0.2) is 0 Å². The van der Waals surface area contributed by atoms with Crippen molar-refractivity contribution in [2.75, 3.05) is 26.3 Å². The van der Waals surface area contributed by atoms with Gasteiger partial charge in [0.1, 0.15) is 17.6 Å². The molecular weight excluding hydrogens is 460 g/mol. The van der Waals surface area contributed by atoms with Crippen LogP contribution in [0.25, 0.3) is 0 Å².